The lowest BCUT2D eigenvalue weighted by molar-refractivity contribution is -0.184. The number of carbonyl (C=O) groups is 1. The minimum atomic E-state index is -0.929. The number of allylic oxidation sites excluding steroid dienone is 1. The van der Waals surface area contributed by atoms with E-state index < -0.39 is 5.79 Å². The number of benzene rings is 1. The second kappa shape index (κ2) is 3.94. The van der Waals surface area contributed by atoms with Crippen LogP contribution in [0.25, 0.3) is 5.57 Å². The number of hydrogen-bond acceptors (Lipinski definition) is 3. The van der Waals surface area contributed by atoms with Gasteiger partial charge in [0, 0.05) is 7.11 Å². The monoisotopic (exact) mass is 258 g/mol. The highest BCUT2D eigenvalue weighted by molar-refractivity contribution is 5.82. The molecule has 3 unspecified atom stereocenters. The van der Waals surface area contributed by atoms with E-state index >= 15 is 0 Å². The lowest BCUT2D eigenvalue weighted by atomic mass is 9.74. The van der Waals surface area contributed by atoms with Gasteiger partial charge in [0.2, 0.25) is 5.79 Å². The Morgan fingerprint density at radius 2 is 2.05 bits per heavy atom. The van der Waals surface area contributed by atoms with Crippen LogP contribution < -0.4 is 0 Å². The van der Waals surface area contributed by atoms with Crippen LogP contribution in [0.15, 0.2) is 24.3 Å². The fourth-order valence-corrected chi connectivity index (χ4v) is 3.31. The average Bonchev–Trinajstić information content (AvgIpc) is 2.62. The van der Waals surface area contributed by atoms with E-state index in [4.69, 9.17) is 9.47 Å². The zero-order valence-corrected chi connectivity index (χ0v) is 11.7. The molecular weight excluding hydrogens is 240 g/mol. The molecule has 3 rings (SSSR count). The number of ether oxygens (including phenoxy) is 2. The van der Waals surface area contributed by atoms with Gasteiger partial charge in [0.1, 0.15) is 0 Å². The van der Waals surface area contributed by atoms with Crippen molar-refractivity contribution in [1.29, 1.82) is 0 Å². The van der Waals surface area contributed by atoms with Crippen LogP contribution in [0.4, 0.5) is 0 Å². The number of carbonyl (C=O) groups excluding carboxylic acids is 1. The maximum Gasteiger partial charge on any atom is 0.312 e. The van der Waals surface area contributed by atoms with Crippen molar-refractivity contribution >= 4 is 11.5 Å². The second-order valence-electron chi connectivity index (χ2n) is 5.53. The van der Waals surface area contributed by atoms with Crippen LogP contribution in [0.2, 0.25) is 0 Å². The standard InChI is InChI=1S/C16H18O3/c1-9-5-6-12-10(2)8-16(18-4)14(13(12)7-9)11(3)15(17)19-16/h5-8,11,14H,1-4H3. The van der Waals surface area contributed by atoms with Gasteiger partial charge in [0.05, 0.1) is 11.8 Å². The summed E-state index contributed by atoms with van der Waals surface area (Å²) in [6.45, 7) is 6.00. The molecule has 1 fully saturated rings. The maximum atomic E-state index is 12.0. The van der Waals surface area contributed by atoms with E-state index in [1.54, 1.807) is 7.11 Å². The fourth-order valence-electron chi connectivity index (χ4n) is 3.31. The molecule has 100 valence electrons. The van der Waals surface area contributed by atoms with Crippen LogP contribution >= 0.6 is 0 Å². The van der Waals surface area contributed by atoms with E-state index in [1.165, 1.54) is 11.1 Å². The summed E-state index contributed by atoms with van der Waals surface area (Å²) in [5, 5.41) is 0. The van der Waals surface area contributed by atoms with E-state index in [0.717, 1.165) is 11.1 Å². The van der Waals surface area contributed by atoms with Crippen LogP contribution in [0.3, 0.4) is 0 Å². The predicted molar refractivity (Wildman–Crippen MR) is 72.6 cm³/mol. The lowest BCUT2D eigenvalue weighted by Crippen LogP contribution is -2.38. The van der Waals surface area contributed by atoms with Gasteiger partial charge in [-0.1, -0.05) is 30.7 Å². The molecule has 1 aliphatic heterocycles. The fraction of sp³-hybridized carbons (Fsp3) is 0.438. The maximum absolute atomic E-state index is 12.0. The summed E-state index contributed by atoms with van der Waals surface area (Å²) in [4.78, 5) is 12.0. The summed E-state index contributed by atoms with van der Waals surface area (Å²) >= 11 is 0. The molecule has 1 aromatic rings. The summed E-state index contributed by atoms with van der Waals surface area (Å²) < 4.78 is 11.1. The summed E-state index contributed by atoms with van der Waals surface area (Å²) in [6, 6.07) is 6.35. The molecule has 3 atom stereocenters. The van der Waals surface area contributed by atoms with Crippen molar-refractivity contribution in [2.45, 2.75) is 32.5 Å². The highest BCUT2D eigenvalue weighted by Crippen LogP contribution is 2.51. The molecule has 3 heteroatoms. The first kappa shape index (κ1) is 12.4. The smallest absolute Gasteiger partial charge is 0.312 e. The van der Waals surface area contributed by atoms with Gasteiger partial charge in [0.15, 0.2) is 0 Å². The topological polar surface area (TPSA) is 35.5 Å². The number of aryl methyl sites for hydroxylation is 1. The first-order chi connectivity index (χ1) is 8.98. The Kier molecular flexibility index (Phi) is 2.58. The van der Waals surface area contributed by atoms with Crippen LogP contribution in [-0.4, -0.2) is 18.9 Å². The number of fused-ring (bicyclic) bond motifs is 3. The molecule has 0 bridgehead atoms. The van der Waals surface area contributed by atoms with Gasteiger partial charge in [-0.05, 0) is 36.6 Å². The number of esters is 1. The van der Waals surface area contributed by atoms with Gasteiger partial charge in [-0.3, -0.25) is 4.79 Å². The molecule has 1 aromatic carbocycles. The molecule has 1 aliphatic carbocycles. The zero-order chi connectivity index (χ0) is 13.8. The number of methoxy groups -OCH3 is 1. The third-order valence-electron chi connectivity index (χ3n) is 4.27. The van der Waals surface area contributed by atoms with Gasteiger partial charge in [-0.15, -0.1) is 0 Å². The molecular formula is C16H18O3. The predicted octanol–water partition coefficient (Wildman–Crippen LogP) is 3.03. The van der Waals surface area contributed by atoms with Crippen molar-refractivity contribution in [2.24, 2.45) is 5.92 Å². The molecule has 1 saturated heterocycles. The Balaban J connectivity index is 2.26. The summed E-state index contributed by atoms with van der Waals surface area (Å²) in [6.07, 6.45) is 1.94. The molecule has 19 heavy (non-hydrogen) atoms. The van der Waals surface area contributed by atoms with Gasteiger partial charge in [0.25, 0.3) is 0 Å². The number of hydrogen-bond donors (Lipinski definition) is 0. The molecule has 2 aliphatic rings. The molecule has 0 amide bonds. The summed E-state index contributed by atoms with van der Waals surface area (Å²) in [5.74, 6) is -1.37. The summed E-state index contributed by atoms with van der Waals surface area (Å²) in [5.41, 5.74) is 4.62. The van der Waals surface area contributed by atoms with Crippen molar-refractivity contribution < 1.29 is 14.3 Å². The second-order valence-corrected chi connectivity index (χ2v) is 5.53. The quantitative estimate of drug-likeness (QED) is 0.726. The van der Waals surface area contributed by atoms with E-state index in [1.807, 2.05) is 19.9 Å². The van der Waals surface area contributed by atoms with E-state index in [0.29, 0.717) is 0 Å². The van der Waals surface area contributed by atoms with Crippen LogP contribution in [0, 0.1) is 12.8 Å². The normalized spacial score (nSPS) is 32.4. The Bertz CT molecular complexity index is 588. The number of rotatable bonds is 1. The molecule has 0 spiro atoms. The van der Waals surface area contributed by atoms with Gasteiger partial charge >= 0.3 is 5.97 Å². The molecule has 0 saturated carbocycles. The highest BCUT2D eigenvalue weighted by Gasteiger charge is 2.56. The molecule has 3 nitrogen and oxygen atoms in total. The van der Waals surface area contributed by atoms with Gasteiger partial charge in [-0.25, -0.2) is 0 Å². The van der Waals surface area contributed by atoms with Crippen molar-refractivity contribution in [1.82, 2.24) is 0 Å². The van der Waals surface area contributed by atoms with E-state index in [2.05, 4.69) is 25.1 Å². The largest absolute Gasteiger partial charge is 0.428 e. The lowest BCUT2D eigenvalue weighted by Gasteiger charge is -2.35. The molecule has 0 radical (unpaired) electrons. The summed E-state index contributed by atoms with van der Waals surface area (Å²) in [7, 11) is 1.60. The van der Waals surface area contributed by atoms with Crippen molar-refractivity contribution in [2.75, 3.05) is 7.11 Å². The average molecular weight is 258 g/mol. The Labute approximate surface area is 113 Å². The SMILES string of the molecule is COC12C=C(C)c3ccc(C)cc3C1C(C)C(=O)O2. The first-order valence-corrected chi connectivity index (χ1v) is 6.57. The Morgan fingerprint density at radius 3 is 2.74 bits per heavy atom. The van der Waals surface area contributed by atoms with Crippen LogP contribution in [0.1, 0.15) is 36.5 Å². The van der Waals surface area contributed by atoms with Gasteiger partial charge < -0.3 is 9.47 Å². The Hall–Kier alpha value is -1.61. The molecule has 1 heterocycles. The van der Waals surface area contributed by atoms with E-state index in [9.17, 15) is 4.79 Å². The van der Waals surface area contributed by atoms with Crippen molar-refractivity contribution in [3.05, 3.63) is 41.0 Å². The van der Waals surface area contributed by atoms with Crippen molar-refractivity contribution in [3.8, 4) is 0 Å². The van der Waals surface area contributed by atoms with Crippen LogP contribution in [-0.2, 0) is 14.3 Å². The van der Waals surface area contributed by atoms with Crippen molar-refractivity contribution in [3.63, 3.8) is 0 Å². The zero-order valence-electron chi connectivity index (χ0n) is 11.7. The van der Waals surface area contributed by atoms with E-state index in [-0.39, 0.29) is 17.8 Å². The molecule has 0 N–H and O–H groups in total. The van der Waals surface area contributed by atoms with Gasteiger partial charge in [-0.2, -0.15) is 0 Å². The minimum Gasteiger partial charge on any atom is -0.428 e. The minimum absolute atomic E-state index is 0.0661. The Morgan fingerprint density at radius 1 is 1.32 bits per heavy atom. The first-order valence-electron chi connectivity index (χ1n) is 6.57. The third kappa shape index (κ3) is 1.58. The van der Waals surface area contributed by atoms with Crippen LogP contribution in [0.5, 0.6) is 0 Å². The molecule has 0 aromatic heterocycles. The third-order valence-corrected chi connectivity index (χ3v) is 4.27. The highest BCUT2D eigenvalue weighted by atomic mass is 16.7.